The van der Waals surface area contributed by atoms with Crippen molar-refractivity contribution in [3.8, 4) is 5.75 Å². The summed E-state index contributed by atoms with van der Waals surface area (Å²) in [5.41, 5.74) is -0.166. The highest BCUT2D eigenvalue weighted by atomic mass is 35.5. The molecule has 0 aliphatic carbocycles. The maximum atomic E-state index is 12.2. The Bertz CT molecular complexity index is 504. The Balaban J connectivity index is 1.85. The zero-order valence-electron chi connectivity index (χ0n) is 13.0. The summed E-state index contributed by atoms with van der Waals surface area (Å²) in [6, 6.07) is 7.02. The molecule has 0 saturated carbocycles. The third kappa shape index (κ3) is 4.60. The van der Waals surface area contributed by atoms with E-state index in [0.717, 1.165) is 19.4 Å². The van der Waals surface area contributed by atoms with E-state index < -0.39 is 6.10 Å². The van der Waals surface area contributed by atoms with Crippen LogP contribution < -0.4 is 15.4 Å². The number of halogens is 1. The van der Waals surface area contributed by atoms with Crippen molar-refractivity contribution in [2.75, 3.05) is 26.8 Å². The minimum absolute atomic E-state index is 0.149. The molecule has 1 saturated heterocycles. The second-order valence-electron chi connectivity index (χ2n) is 5.68. The highest BCUT2D eigenvalue weighted by Gasteiger charge is 2.34. The maximum Gasteiger partial charge on any atom is 0.260 e. The Morgan fingerprint density at radius 2 is 2.36 bits per heavy atom. The topological polar surface area (TPSA) is 59.6 Å². The van der Waals surface area contributed by atoms with Gasteiger partial charge in [-0.3, -0.25) is 4.79 Å². The number of hydrogen-bond acceptors (Lipinski definition) is 4. The smallest absolute Gasteiger partial charge is 0.260 e. The van der Waals surface area contributed by atoms with Gasteiger partial charge in [-0.15, -0.1) is 0 Å². The Morgan fingerprint density at radius 3 is 3.00 bits per heavy atom. The van der Waals surface area contributed by atoms with Crippen LogP contribution in [0.25, 0.3) is 0 Å². The van der Waals surface area contributed by atoms with Gasteiger partial charge in [0.05, 0.1) is 12.1 Å². The predicted octanol–water partition coefficient (Wildman–Crippen LogP) is 1.99. The van der Waals surface area contributed by atoms with Crippen LogP contribution in [-0.4, -0.2) is 44.4 Å². The quantitative estimate of drug-likeness (QED) is 0.804. The number of rotatable bonds is 7. The fourth-order valence-corrected chi connectivity index (χ4v) is 2.85. The van der Waals surface area contributed by atoms with Crippen LogP contribution in [0.5, 0.6) is 5.75 Å². The van der Waals surface area contributed by atoms with E-state index in [1.807, 2.05) is 0 Å². The van der Waals surface area contributed by atoms with Gasteiger partial charge in [0.2, 0.25) is 0 Å². The molecule has 1 heterocycles. The van der Waals surface area contributed by atoms with Crippen molar-refractivity contribution in [2.45, 2.75) is 31.4 Å². The number of benzene rings is 1. The first-order valence-corrected chi connectivity index (χ1v) is 7.86. The van der Waals surface area contributed by atoms with Crippen molar-refractivity contribution in [3.05, 3.63) is 29.3 Å². The molecule has 2 unspecified atom stereocenters. The molecule has 0 radical (unpaired) electrons. The number of nitrogens with one attached hydrogen (secondary N) is 2. The molecule has 22 heavy (non-hydrogen) atoms. The molecule has 1 aromatic rings. The molecule has 1 aromatic carbocycles. The van der Waals surface area contributed by atoms with Gasteiger partial charge >= 0.3 is 0 Å². The highest BCUT2D eigenvalue weighted by molar-refractivity contribution is 6.30. The molecule has 6 heteroatoms. The number of hydrogen-bond donors (Lipinski definition) is 2. The Hall–Kier alpha value is -1.30. The summed E-state index contributed by atoms with van der Waals surface area (Å²) in [6.07, 6.45) is 1.50. The lowest BCUT2D eigenvalue weighted by Gasteiger charge is -2.29. The second kappa shape index (κ2) is 7.81. The number of amides is 1. The van der Waals surface area contributed by atoms with Crippen molar-refractivity contribution in [1.29, 1.82) is 0 Å². The lowest BCUT2D eigenvalue weighted by Crippen LogP contribution is -2.54. The first-order chi connectivity index (χ1) is 10.5. The zero-order valence-corrected chi connectivity index (χ0v) is 13.8. The first kappa shape index (κ1) is 17.1. The fourth-order valence-electron chi connectivity index (χ4n) is 2.67. The summed E-state index contributed by atoms with van der Waals surface area (Å²) in [5.74, 6) is 0.435. The van der Waals surface area contributed by atoms with E-state index in [4.69, 9.17) is 21.1 Å². The van der Waals surface area contributed by atoms with E-state index in [0.29, 0.717) is 23.9 Å². The maximum absolute atomic E-state index is 12.2. The van der Waals surface area contributed by atoms with Gasteiger partial charge in [-0.2, -0.15) is 0 Å². The van der Waals surface area contributed by atoms with Crippen LogP contribution in [-0.2, 0) is 9.53 Å². The monoisotopic (exact) mass is 326 g/mol. The van der Waals surface area contributed by atoms with Crippen LogP contribution in [0.4, 0.5) is 0 Å². The molecule has 1 aliphatic rings. The van der Waals surface area contributed by atoms with E-state index in [9.17, 15) is 4.79 Å². The molecule has 0 aromatic heterocycles. The van der Waals surface area contributed by atoms with Gasteiger partial charge in [0.15, 0.2) is 6.10 Å². The Labute approximate surface area is 136 Å². The van der Waals surface area contributed by atoms with Crippen LogP contribution in [0.2, 0.25) is 5.02 Å². The summed E-state index contributed by atoms with van der Waals surface area (Å²) >= 11 is 5.91. The van der Waals surface area contributed by atoms with Crippen molar-refractivity contribution in [2.24, 2.45) is 0 Å². The van der Waals surface area contributed by atoms with Crippen molar-refractivity contribution in [3.63, 3.8) is 0 Å². The average Bonchev–Trinajstić information content (AvgIpc) is 2.94. The highest BCUT2D eigenvalue weighted by Crippen LogP contribution is 2.20. The average molecular weight is 327 g/mol. The standard InChI is InChI=1S/C16H23ClN2O3/c1-12(22-14-6-3-5-13(17)9-14)15(20)18-10-16(11-21-2)7-4-8-19-16/h3,5-6,9,12,19H,4,7-8,10-11H2,1-2H3,(H,18,20). The minimum Gasteiger partial charge on any atom is -0.481 e. The van der Waals surface area contributed by atoms with Crippen LogP contribution in [0.3, 0.4) is 0 Å². The van der Waals surface area contributed by atoms with Crippen molar-refractivity contribution < 1.29 is 14.3 Å². The third-order valence-electron chi connectivity index (χ3n) is 3.83. The molecule has 2 atom stereocenters. The molecule has 5 nitrogen and oxygen atoms in total. The summed E-state index contributed by atoms with van der Waals surface area (Å²) in [4.78, 5) is 12.2. The zero-order chi connectivity index (χ0) is 16.0. The van der Waals surface area contributed by atoms with Gasteiger partial charge in [0.25, 0.3) is 5.91 Å². The molecule has 2 N–H and O–H groups in total. The number of carbonyl (C=O) groups is 1. The lowest BCUT2D eigenvalue weighted by molar-refractivity contribution is -0.127. The van der Waals surface area contributed by atoms with E-state index >= 15 is 0 Å². The van der Waals surface area contributed by atoms with Crippen LogP contribution in [0, 0.1) is 0 Å². The van der Waals surface area contributed by atoms with Crippen molar-refractivity contribution >= 4 is 17.5 Å². The molecule has 0 bridgehead atoms. The van der Waals surface area contributed by atoms with Gasteiger partial charge in [-0.25, -0.2) is 0 Å². The van der Waals surface area contributed by atoms with Crippen LogP contribution in [0.1, 0.15) is 19.8 Å². The van der Waals surface area contributed by atoms with E-state index in [2.05, 4.69) is 10.6 Å². The summed E-state index contributed by atoms with van der Waals surface area (Å²) in [7, 11) is 1.68. The van der Waals surface area contributed by atoms with Gasteiger partial charge in [0.1, 0.15) is 5.75 Å². The SMILES string of the molecule is COCC1(CNC(=O)C(C)Oc2cccc(Cl)c2)CCCN1. The van der Waals surface area contributed by atoms with Gasteiger partial charge in [-0.1, -0.05) is 17.7 Å². The van der Waals surface area contributed by atoms with E-state index in [1.165, 1.54) is 0 Å². The Kier molecular flexibility index (Phi) is 6.06. The number of ether oxygens (including phenoxy) is 2. The molecule has 1 aliphatic heterocycles. The summed E-state index contributed by atoms with van der Waals surface area (Å²) in [5, 5.41) is 6.95. The molecular formula is C16H23ClN2O3. The minimum atomic E-state index is -0.584. The summed E-state index contributed by atoms with van der Waals surface area (Å²) < 4.78 is 10.9. The first-order valence-electron chi connectivity index (χ1n) is 7.49. The molecule has 1 amide bonds. The number of methoxy groups -OCH3 is 1. The normalized spacial score (nSPS) is 22.3. The molecular weight excluding hydrogens is 304 g/mol. The summed E-state index contributed by atoms with van der Waals surface area (Å²) in [6.45, 7) is 3.79. The predicted molar refractivity (Wildman–Crippen MR) is 86.4 cm³/mol. The molecule has 122 valence electrons. The van der Waals surface area contributed by atoms with E-state index in [-0.39, 0.29) is 11.4 Å². The van der Waals surface area contributed by atoms with E-state index in [1.54, 1.807) is 38.3 Å². The van der Waals surface area contributed by atoms with Gasteiger partial charge in [0, 0.05) is 18.7 Å². The third-order valence-corrected chi connectivity index (χ3v) is 4.07. The fraction of sp³-hybridized carbons (Fsp3) is 0.562. The van der Waals surface area contributed by atoms with Crippen LogP contribution in [0.15, 0.2) is 24.3 Å². The van der Waals surface area contributed by atoms with Crippen LogP contribution >= 0.6 is 11.6 Å². The van der Waals surface area contributed by atoms with Crippen molar-refractivity contribution in [1.82, 2.24) is 10.6 Å². The molecule has 2 rings (SSSR count). The second-order valence-corrected chi connectivity index (χ2v) is 6.12. The Morgan fingerprint density at radius 1 is 1.55 bits per heavy atom. The van der Waals surface area contributed by atoms with Gasteiger partial charge < -0.3 is 20.1 Å². The molecule has 1 fully saturated rings. The largest absolute Gasteiger partial charge is 0.481 e. The molecule has 0 spiro atoms. The lowest BCUT2D eigenvalue weighted by atomic mass is 9.98. The number of carbonyl (C=O) groups excluding carboxylic acids is 1. The van der Waals surface area contributed by atoms with Gasteiger partial charge in [-0.05, 0) is 44.5 Å².